The molecule has 0 aliphatic heterocycles. The van der Waals surface area contributed by atoms with Crippen LogP contribution in [0.2, 0.25) is 0 Å². The molecule has 0 saturated carbocycles. The number of hydrogen-bond donors (Lipinski definition) is 1. The zero-order valence-electron chi connectivity index (χ0n) is 17.4. The van der Waals surface area contributed by atoms with Crippen molar-refractivity contribution >= 4 is 28.6 Å². The van der Waals surface area contributed by atoms with E-state index in [4.69, 9.17) is 4.98 Å². The van der Waals surface area contributed by atoms with Crippen LogP contribution in [0.5, 0.6) is 0 Å². The molecular formula is C23H27N3O2S. The van der Waals surface area contributed by atoms with E-state index in [-0.39, 0.29) is 23.3 Å². The maximum Gasteiger partial charge on any atom is 0.266 e. The average molecular weight is 410 g/mol. The van der Waals surface area contributed by atoms with Crippen LogP contribution in [0.1, 0.15) is 37.8 Å². The Kier molecular flexibility index (Phi) is 6.75. The number of aromatic nitrogens is 2. The molecule has 0 spiro atoms. The van der Waals surface area contributed by atoms with E-state index in [1.54, 1.807) is 10.6 Å². The molecule has 29 heavy (non-hydrogen) atoms. The summed E-state index contributed by atoms with van der Waals surface area (Å²) < 4.78 is 1.64. The van der Waals surface area contributed by atoms with Gasteiger partial charge in [-0.15, -0.1) is 0 Å². The van der Waals surface area contributed by atoms with Crippen molar-refractivity contribution in [1.29, 1.82) is 0 Å². The van der Waals surface area contributed by atoms with Crippen LogP contribution in [0.25, 0.3) is 16.6 Å². The van der Waals surface area contributed by atoms with Gasteiger partial charge in [-0.25, -0.2) is 4.98 Å². The van der Waals surface area contributed by atoms with Crippen molar-refractivity contribution in [3.05, 3.63) is 63.9 Å². The normalized spacial score (nSPS) is 12.1. The Morgan fingerprint density at radius 3 is 2.69 bits per heavy atom. The number of thioether (sulfide) groups is 1. The fourth-order valence-corrected chi connectivity index (χ4v) is 4.17. The first-order valence-electron chi connectivity index (χ1n) is 9.93. The quantitative estimate of drug-likeness (QED) is 0.464. The van der Waals surface area contributed by atoms with Gasteiger partial charge in [-0.1, -0.05) is 49.4 Å². The number of nitrogens with zero attached hydrogens (tertiary/aromatic N) is 2. The van der Waals surface area contributed by atoms with Gasteiger partial charge in [-0.05, 0) is 56.5 Å². The van der Waals surface area contributed by atoms with Crippen LogP contribution < -0.4 is 10.9 Å². The third kappa shape index (κ3) is 4.70. The van der Waals surface area contributed by atoms with Crippen molar-refractivity contribution in [2.45, 2.75) is 51.7 Å². The Morgan fingerprint density at radius 1 is 1.17 bits per heavy atom. The summed E-state index contributed by atoms with van der Waals surface area (Å²) in [4.78, 5) is 30.4. The zero-order chi connectivity index (χ0) is 21.0. The Hall–Kier alpha value is -2.60. The number of nitrogens with one attached hydrogen (secondary N) is 1. The topological polar surface area (TPSA) is 64.0 Å². The predicted octanol–water partition coefficient (Wildman–Crippen LogP) is 4.40. The van der Waals surface area contributed by atoms with Gasteiger partial charge in [0.15, 0.2) is 5.16 Å². The summed E-state index contributed by atoms with van der Waals surface area (Å²) in [6, 6.07) is 13.4. The summed E-state index contributed by atoms with van der Waals surface area (Å²) >= 11 is 1.29. The Labute approximate surface area is 175 Å². The van der Waals surface area contributed by atoms with E-state index in [9.17, 15) is 9.59 Å². The Balaban J connectivity index is 2.03. The molecule has 1 N–H and O–H groups in total. The largest absolute Gasteiger partial charge is 0.353 e. The second kappa shape index (κ2) is 9.27. The third-order valence-corrected chi connectivity index (χ3v) is 5.96. The number of carbonyl (C=O) groups excluding carboxylic acids is 1. The van der Waals surface area contributed by atoms with Crippen LogP contribution in [-0.2, 0) is 4.79 Å². The van der Waals surface area contributed by atoms with E-state index in [2.05, 4.69) is 12.2 Å². The molecule has 1 heterocycles. The Morgan fingerprint density at radius 2 is 1.93 bits per heavy atom. The number of para-hydroxylation sites is 1. The first-order chi connectivity index (χ1) is 13.9. The fourth-order valence-electron chi connectivity index (χ4n) is 3.35. The molecule has 0 unspecified atom stereocenters. The second-order valence-corrected chi connectivity index (χ2v) is 8.26. The van der Waals surface area contributed by atoms with Crippen LogP contribution in [-0.4, -0.2) is 27.3 Å². The maximum absolute atomic E-state index is 13.3. The molecule has 0 saturated heterocycles. The lowest BCUT2D eigenvalue weighted by molar-refractivity contribution is -0.119. The second-order valence-electron chi connectivity index (χ2n) is 7.32. The summed E-state index contributed by atoms with van der Waals surface area (Å²) in [5.74, 6) is 0.162. The minimum Gasteiger partial charge on any atom is -0.353 e. The van der Waals surface area contributed by atoms with Gasteiger partial charge in [0.2, 0.25) is 5.91 Å². The van der Waals surface area contributed by atoms with Crippen molar-refractivity contribution in [3.8, 4) is 5.69 Å². The van der Waals surface area contributed by atoms with Crippen LogP contribution in [0.4, 0.5) is 0 Å². The van der Waals surface area contributed by atoms with Crippen molar-refractivity contribution < 1.29 is 4.79 Å². The highest BCUT2D eigenvalue weighted by Crippen LogP contribution is 2.24. The lowest BCUT2D eigenvalue weighted by Crippen LogP contribution is -2.34. The van der Waals surface area contributed by atoms with Gasteiger partial charge in [-0.2, -0.15) is 0 Å². The van der Waals surface area contributed by atoms with E-state index < -0.39 is 0 Å². The van der Waals surface area contributed by atoms with Gasteiger partial charge in [0, 0.05) is 6.04 Å². The number of amides is 1. The predicted molar refractivity (Wildman–Crippen MR) is 120 cm³/mol. The molecule has 0 fully saturated rings. The highest BCUT2D eigenvalue weighted by atomic mass is 32.2. The van der Waals surface area contributed by atoms with Crippen LogP contribution in [0.3, 0.4) is 0 Å². The van der Waals surface area contributed by atoms with Gasteiger partial charge >= 0.3 is 0 Å². The van der Waals surface area contributed by atoms with Crippen molar-refractivity contribution in [1.82, 2.24) is 14.9 Å². The molecule has 1 aromatic heterocycles. The smallest absolute Gasteiger partial charge is 0.266 e. The standard InChI is InChI=1S/C23H27N3O2S/c1-5-9-16(3)24-21(27)14-29-23-25-19-12-7-6-11-18(19)22(28)26(23)20-13-8-10-15(2)17(20)4/h6-8,10-13,16H,5,9,14H2,1-4H3,(H,24,27)/t16-/m0/s1. The van der Waals surface area contributed by atoms with Crippen LogP contribution >= 0.6 is 11.8 Å². The first-order valence-corrected chi connectivity index (χ1v) is 10.9. The molecule has 0 bridgehead atoms. The number of rotatable bonds is 7. The average Bonchev–Trinajstić information content (AvgIpc) is 2.69. The zero-order valence-corrected chi connectivity index (χ0v) is 18.2. The summed E-state index contributed by atoms with van der Waals surface area (Å²) in [5.41, 5.74) is 3.45. The number of benzene rings is 2. The summed E-state index contributed by atoms with van der Waals surface area (Å²) in [5, 5.41) is 4.10. The lowest BCUT2D eigenvalue weighted by atomic mass is 10.1. The number of carbonyl (C=O) groups is 1. The molecule has 5 nitrogen and oxygen atoms in total. The monoisotopic (exact) mass is 409 g/mol. The molecule has 1 atom stereocenters. The van der Waals surface area contributed by atoms with E-state index in [0.29, 0.717) is 16.1 Å². The van der Waals surface area contributed by atoms with Gasteiger partial charge in [0.05, 0.1) is 22.3 Å². The summed E-state index contributed by atoms with van der Waals surface area (Å²) in [6.45, 7) is 8.12. The maximum atomic E-state index is 13.3. The highest BCUT2D eigenvalue weighted by molar-refractivity contribution is 7.99. The van der Waals surface area contributed by atoms with Crippen molar-refractivity contribution in [2.24, 2.45) is 0 Å². The molecule has 0 aliphatic carbocycles. The molecule has 6 heteroatoms. The van der Waals surface area contributed by atoms with Gasteiger partial charge in [-0.3, -0.25) is 14.2 Å². The van der Waals surface area contributed by atoms with Gasteiger partial charge < -0.3 is 5.32 Å². The Bertz CT molecular complexity index is 1090. The fraction of sp³-hybridized carbons (Fsp3) is 0.348. The molecule has 2 aromatic carbocycles. The third-order valence-electron chi connectivity index (χ3n) is 5.02. The SMILES string of the molecule is CCC[C@H](C)NC(=O)CSc1nc2ccccc2c(=O)n1-c1cccc(C)c1C. The van der Waals surface area contributed by atoms with E-state index in [1.165, 1.54) is 11.8 Å². The molecule has 3 aromatic rings. The molecule has 0 radical (unpaired) electrons. The van der Waals surface area contributed by atoms with Crippen molar-refractivity contribution in [2.75, 3.05) is 5.75 Å². The number of fused-ring (bicyclic) bond motifs is 1. The van der Waals surface area contributed by atoms with Gasteiger partial charge in [0.25, 0.3) is 5.56 Å². The van der Waals surface area contributed by atoms with Gasteiger partial charge in [0.1, 0.15) is 0 Å². The number of aryl methyl sites for hydroxylation is 1. The minimum absolute atomic E-state index is 0.0501. The molecule has 0 aliphatic rings. The lowest BCUT2D eigenvalue weighted by Gasteiger charge is -2.17. The number of hydrogen-bond acceptors (Lipinski definition) is 4. The van der Waals surface area contributed by atoms with E-state index in [1.807, 2.05) is 57.2 Å². The molecule has 3 rings (SSSR count). The van der Waals surface area contributed by atoms with E-state index >= 15 is 0 Å². The van der Waals surface area contributed by atoms with Crippen molar-refractivity contribution in [3.63, 3.8) is 0 Å². The van der Waals surface area contributed by atoms with E-state index in [0.717, 1.165) is 29.7 Å². The minimum atomic E-state index is -0.119. The molecule has 1 amide bonds. The first kappa shape index (κ1) is 21.1. The van der Waals surface area contributed by atoms with Crippen LogP contribution in [0.15, 0.2) is 52.4 Å². The molecule has 152 valence electrons. The van der Waals surface area contributed by atoms with Crippen LogP contribution in [0, 0.1) is 13.8 Å². The summed E-state index contributed by atoms with van der Waals surface area (Å²) in [7, 11) is 0. The molecular weight excluding hydrogens is 382 g/mol. The summed E-state index contributed by atoms with van der Waals surface area (Å²) in [6.07, 6.45) is 1.96. The highest BCUT2D eigenvalue weighted by Gasteiger charge is 2.17.